The van der Waals surface area contributed by atoms with Gasteiger partial charge in [-0.05, 0) is 60.7 Å². The molecule has 9 heteroatoms. The Balaban J connectivity index is 1.36. The summed E-state index contributed by atoms with van der Waals surface area (Å²) in [5.74, 6) is 0.507. The van der Waals surface area contributed by atoms with Crippen molar-refractivity contribution in [1.29, 1.82) is 0 Å². The molecule has 2 aliphatic heterocycles. The number of carbonyl (C=O) groups excluding carboxylic acids is 2. The summed E-state index contributed by atoms with van der Waals surface area (Å²) in [7, 11) is -1.95. The van der Waals surface area contributed by atoms with Crippen LogP contribution in [0.1, 0.15) is 31.7 Å². The molecule has 2 aromatic carbocycles. The van der Waals surface area contributed by atoms with Crippen LogP contribution in [-0.4, -0.2) is 51.3 Å². The largest absolute Gasteiger partial charge is 0.497 e. The van der Waals surface area contributed by atoms with Crippen LogP contribution in [0, 0.1) is 11.8 Å². The molecule has 2 amide bonds. The molecule has 1 N–H and O–H groups in total. The minimum Gasteiger partial charge on any atom is -0.497 e. The zero-order valence-electron chi connectivity index (χ0n) is 19.6. The molecule has 4 rings (SSSR count). The topological polar surface area (TPSA) is 96.0 Å². The zero-order valence-corrected chi connectivity index (χ0v) is 20.4. The van der Waals surface area contributed by atoms with E-state index in [4.69, 9.17) is 4.74 Å². The summed E-state index contributed by atoms with van der Waals surface area (Å²) >= 11 is 0. The fourth-order valence-corrected chi connectivity index (χ4v) is 5.85. The number of benzene rings is 2. The first kappa shape index (κ1) is 24.2. The Labute approximate surface area is 200 Å². The quantitative estimate of drug-likeness (QED) is 0.651. The van der Waals surface area contributed by atoms with Crippen molar-refractivity contribution >= 4 is 27.5 Å². The number of anilines is 1. The average molecular weight is 486 g/mol. The molecule has 2 fully saturated rings. The summed E-state index contributed by atoms with van der Waals surface area (Å²) in [6.07, 6.45) is 1.85. The lowest BCUT2D eigenvalue weighted by Crippen LogP contribution is -2.37. The van der Waals surface area contributed by atoms with Gasteiger partial charge in [-0.25, -0.2) is 8.42 Å². The van der Waals surface area contributed by atoms with E-state index in [1.165, 1.54) is 4.31 Å². The first-order valence-electron chi connectivity index (χ1n) is 11.6. The van der Waals surface area contributed by atoms with Gasteiger partial charge in [-0.1, -0.05) is 19.1 Å². The molecule has 0 bridgehead atoms. The normalized spacial score (nSPS) is 19.9. The molecule has 34 heavy (non-hydrogen) atoms. The van der Waals surface area contributed by atoms with Crippen molar-refractivity contribution in [2.75, 3.05) is 31.6 Å². The van der Waals surface area contributed by atoms with Crippen molar-refractivity contribution in [2.45, 2.75) is 37.6 Å². The summed E-state index contributed by atoms with van der Waals surface area (Å²) < 4.78 is 32.6. The second-order valence-corrected chi connectivity index (χ2v) is 11.0. The number of carbonyl (C=O) groups is 2. The fraction of sp³-hybridized carbons (Fsp3) is 0.440. The van der Waals surface area contributed by atoms with Crippen LogP contribution in [0.5, 0.6) is 5.75 Å². The van der Waals surface area contributed by atoms with Gasteiger partial charge in [0.05, 0.1) is 17.9 Å². The number of nitrogens with zero attached hydrogens (tertiary/aromatic N) is 2. The van der Waals surface area contributed by atoms with E-state index in [0.29, 0.717) is 31.2 Å². The highest BCUT2D eigenvalue weighted by atomic mass is 32.2. The first-order chi connectivity index (χ1) is 16.3. The van der Waals surface area contributed by atoms with Crippen LogP contribution in [-0.2, 0) is 26.2 Å². The third-order valence-electron chi connectivity index (χ3n) is 6.65. The standard InChI is InChI=1S/C25H31N3O5S/c1-18-11-13-27(14-12-18)34(31,32)23-9-5-21(6-10-23)28-17-20(15-24(28)29)25(30)26-16-19-3-7-22(33-2)8-4-19/h3-10,18,20H,11-17H2,1-2H3,(H,26,30)/t20-/m1/s1. The van der Waals surface area contributed by atoms with Gasteiger partial charge in [-0.2, -0.15) is 4.31 Å². The fourth-order valence-electron chi connectivity index (χ4n) is 4.38. The van der Waals surface area contributed by atoms with Crippen molar-refractivity contribution in [3.8, 4) is 5.75 Å². The Morgan fingerprint density at radius 2 is 1.71 bits per heavy atom. The van der Waals surface area contributed by atoms with E-state index in [-0.39, 0.29) is 29.7 Å². The Morgan fingerprint density at radius 3 is 2.32 bits per heavy atom. The average Bonchev–Trinajstić information content (AvgIpc) is 3.25. The van der Waals surface area contributed by atoms with E-state index < -0.39 is 15.9 Å². The zero-order chi connectivity index (χ0) is 24.3. The maximum atomic E-state index is 12.9. The molecule has 8 nitrogen and oxygen atoms in total. The lowest BCUT2D eigenvalue weighted by atomic mass is 10.0. The first-order valence-corrected chi connectivity index (χ1v) is 13.0. The van der Waals surface area contributed by atoms with E-state index >= 15 is 0 Å². The van der Waals surface area contributed by atoms with Crippen LogP contribution in [0.15, 0.2) is 53.4 Å². The maximum Gasteiger partial charge on any atom is 0.243 e. The molecule has 0 aliphatic carbocycles. The lowest BCUT2D eigenvalue weighted by Gasteiger charge is -2.29. The van der Waals surface area contributed by atoms with E-state index in [1.807, 2.05) is 24.3 Å². The predicted molar refractivity (Wildman–Crippen MR) is 129 cm³/mol. The number of methoxy groups -OCH3 is 1. The molecule has 2 aliphatic rings. The molecule has 0 spiro atoms. The third-order valence-corrected chi connectivity index (χ3v) is 8.56. The minimum absolute atomic E-state index is 0.125. The monoisotopic (exact) mass is 485 g/mol. The van der Waals surface area contributed by atoms with Crippen molar-refractivity contribution in [3.63, 3.8) is 0 Å². The second-order valence-electron chi connectivity index (χ2n) is 9.05. The van der Waals surface area contributed by atoms with Gasteiger partial charge in [-0.3, -0.25) is 9.59 Å². The van der Waals surface area contributed by atoms with Gasteiger partial charge in [0.1, 0.15) is 5.75 Å². The molecule has 0 radical (unpaired) electrons. The van der Waals surface area contributed by atoms with Crippen LogP contribution in [0.4, 0.5) is 5.69 Å². The van der Waals surface area contributed by atoms with Gasteiger partial charge < -0.3 is 15.0 Å². The Kier molecular flexibility index (Phi) is 7.23. The smallest absolute Gasteiger partial charge is 0.243 e. The highest BCUT2D eigenvalue weighted by molar-refractivity contribution is 7.89. The number of ether oxygens (including phenoxy) is 1. The van der Waals surface area contributed by atoms with Gasteiger partial charge >= 0.3 is 0 Å². The molecule has 0 unspecified atom stereocenters. The van der Waals surface area contributed by atoms with Crippen molar-refractivity contribution in [2.24, 2.45) is 11.8 Å². The molecule has 2 saturated heterocycles. The van der Waals surface area contributed by atoms with E-state index in [9.17, 15) is 18.0 Å². The Hall–Kier alpha value is -2.91. The summed E-state index contributed by atoms with van der Waals surface area (Å²) in [4.78, 5) is 27.0. The van der Waals surface area contributed by atoms with Crippen LogP contribution in [0.25, 0.3) is 0 Å². The number of sulfonamides is 1. The Bertz CT molecular complexity index is 1120. The molecule has 1 atom stereocenters. The van der Waals surface area contributed by atoms with Crippen molar-refractivity contribution < 1.29 is 22.7 Å². The molecule has 2 heterocycles. The van der Waals surface area contributed by atoms with E-state index in [1.54, 1.807) is 36.3 Å². The summed E-state index contributed by atoms with van der Waals surface area (Å²) in [6, 6.07) is 13.8. The molecular weight excluding hydrogens is 454 g/mol. The number of amides is 2. The SMILES string of the molecule is COc1ccc(CNC(=O)[C@@H]2CC(=O)N(c3ccc(S(=O)(=O)N4CCC(C)CC4)cc3)C2)cc1. The minimum atomic E-state index is -3.54. The van der Waals surface area contributed by atoms with Crippen LogP contribution >= 0.6 is 0 Å². The molecular formula is C25H31N3O5S. The van der Waals surface area contributed by atoms with Gasteiger partial charge in [-0.15, -0.1) is 0 Å². The summed E-state index contributed by atoms with van der Waals surface area (Å²) in [5.41, 5.74) is 1.54. The number of piperidine rings is 1. The number of nitrogens with one attached hydrogen (secondary N) is 1. The number of rotatable bonds is 7. The third kappa shape index (κ3) is 5.26. The maximum absolute atomic E-state index is 12.9. The van der Waals surface area contributed by atoms with Crippen molar-refractivity contribution in [3.05, 3.63) is 54.1 Å². The highest BCUT2D eigenvalue weighted by Crippen LogP contribution is 2.28. The van der Waals surface area contributed by atoms with Gasteiger partial charge in [0.15, 0.2) is 0 Å². The van der Waals surface area contributed by atoms with Crippen molar-refractivity contribution in [1.82, 2.24) is 9.62 Å². The Morgan fingerprint density at radius 1 is 1.06 bits per heavy atom. The molecule has 182 valence electrons. The number of hydrogen-bond donors (Lipinski definition) is 1. The van der Waals surface area contributed by atoms with E-state index in [0.717, 1.165) is 24.2 Å². The number of hydrogen-bond acceptors (Lipinski definition) is 5. The summed E-state index contributed by atoms with van der Waals surface area (Å²) in [5, 5.41) is 2.90. The molecule has 2 aromatic rings. The molecule has 0 saturated carbocycles. The second kappa shape index (κ2) is 10.1. The summed E-state index contributed by atoms with van der Waals surface area (Å²) in [6.45, 7) is 3.84. The van der Waals surface area contributed by atoms with Crippen LogP contribution in [0.2, 0.25) is 0 Å². The lowest BCUT2D eigenvalue weighted by molar-refractivity contribution is -0.126. The van der Waals surface area contributed by atoms with Crippen LogP contribution in [0.3, 0.4) is 0 Å². The van der Waals surface area contributed by atoms with Gasteiger partial charge in [0, 0.05) is 38.3 Å². The van der Waals surface area contributed by atoms with E-state index in [2.05, 4.69) is 12.2 Å². The van der Waals surface area contributed by atoms with Crippen LogP contribution < -0.4 is 15.0 Å². The predicted octanol–water partition coefficient (Wildman–Crippen LogP) is 2.79. The van der Waals surface area contributed by atoms with Gasteiger partial charge in [0.25, 0.3) is 0 Å². The van der Waals surface area contributed by atoms with Gasteiger partial charge in [0.2, 0.25) is 21.8 Å². The molecule has 0 aromatic heterocycles. The highest BCUT2D eigenvalue weighted by Gasteiger charge is 2.35.